The normalized spacial score (nSPS) is 11.4. The van der Waals surface area contributed by atoms with Gasteiger partial charge in [-0.1, -0.05) is 12.1 Å². The van der Waals surface area contributed by atoms with Gasteiger partial charge in [-0.25, -0.2) is 13.2 Å². The summed E-state index contributed by atoms with van der Waals surface area (Å²) in [4.78, 5) is 12.2. The lowest BCUT2D eigenvalue weighted by atomic mass is 10.1. The molecule has 1 atom stereocenters. The molecule has 4 nitrogen and oxygen atoms in total. The molecule has 0 saturated heterocycles. The minimum atomic E-state index is -0.850. The topological polar surface area (TPSA) is 64.9 Å². The molecule has 3 aromatic rings. The van der Waals surface area contributed by atoms with Gasteiger partial charge in [-0.05, 0) is 61.0 Å². The van der Waals surface area contributed by atoms with Crippen LogP contribution in [0.5, 0.6) is 0 Å². The van der Waals surface area contributed by atoms with Crippen molar-refractivity contribution in [2.75, 3.05) is 10.6 Å². The Kier molecular flexibility index (Phi) is 5.84. The standard InChI is InChI=1S/C22H16F3N3O/c1-13(27-21-19(24)10-14(12-26)11-20(21)25)15-4-8-18(9-5-15)28-22(29)16-2-6-17(23)7-3-16/h2-11,13,27H,1H3,(H,28,29). The van der Waals surface area contributed by atoms with E-state index >= 15 is 0 Å². The van der Waals surface area contributed by atoms with Crippen LogP contribution >= 0.6 is 0 Å². The van der Waals surface area contributed by atoms with Crippen LogP contribution in [0.25, 0.3) is 0 Å². The van der Waals surface area contributed by atoms with Crippen molar-refractivity contribution in [2.45, 2.75) is 13.0 Å². The summed E-state index contributed by atoms with van der Waals surface area (Å²) in [5.41, 5.74) is 1.15. The number of benzene rings is 3. The molecule has 0 aliphatic heterocycles. The molecule has 29 heavy (non-hydrogen) atoms. The third-order valence-corrected chi connectivity index (χ3v) is 4.31. The van der Waals surface area contributed by atoms with Gasteiger partial charge in [0.25, 0.3) is 5.91 Å². The molecule has 1 amide bonds. The second-order valence-electron chi connectivity index (χ2n) is 6.38. The predicted molar refractivity (Wildman–Crippen MR) is 104 cm³/mol. The van der Waals surface area contributed by atoms with Gasteiger partial charge in [-0.15, -0.1) is 0 Å². The van der Waals surface area contributed by atoms with E-state index in [2.05, 4.69) is 10.6 Å². The molecule has 2 N–H and O–H groups in total. The third kappa shape index (κ3) is 4.74. The van der Waals surface area contributed by atoms with Crippen molar-refractivity contribution in [3.8, 4) is 6.07 Å². The lowest BCUT2D eigenvalue weighted by Crippen LogP contribution is -2.12. The molecule has 0 radical (unpaired) electrons. The number of amides is 1. The Morgan fingerprint density at radius 1 is 0.966 bits per heavy atom. The quantitative estimate of drug-likeness (QED) is 0.608. The van der Waals surface area contributed by atoms with Crippen LogP contribution in [0.3, 0.4) is 0 Å². The predicted octanol–water partition coefficient (Wildman–Crippen LogP) is 5.40. The molecular formula is C22H16F3N3O. The number of rotatable bonds is 5. The van der Waals surface area contributed by atoms with Gasteiger partial charge in [0.1, 0.15) is 11.5 Å². The summed E-state index contributed by atoms with van der Waals surface area (Å²) in [6.07, 6.45) is 0. The largest absolute Gasteiger partial charge is 0.374 e. The summed E-state index contributed by atoms with van der Waals surface area (Å²) in [5.74, 6) is -2.51. The van der Waals surface area contributed by atoms with E-state index in [-0.39, 0.29) is 17.2 Å². The van der Waals surface area contributed by atoms with Crippen molar-refractivity contribution in [3.05, 3.63) is 94.8 Å². The lowest BCUT2D eigenvalue weighted by molar-refractivity contribution is 0.102. The number of hydrogen-bond donors (Lipinski definition) is 2. The van der Waals surface area contributed by atoms with Crippen LogP contribution in [-0.2, 0) is 0 Å². The Hall–Kier alpha value is -3.79. The molecule has 7 heteroatoms. The van der Waals surface area contributed by atoms with Gasteiger partial charge in [0.05, 0.1) is 11.6 Å². The van der Waals surface area contributed by atoms with E-state index in [0.717, 1.165) is 17.7 Å². The molecule has 146 valence electrons. The number of nitriles is 1. The SMILES string of the molecule is CC(Nc1c(F)cc(C#N)cc1F)c1ccc(NC(=O)c2ccc(F)cc2)cc1. The lowest BCUT2D eigenvalue weighted by Gasteiger charge is -2.17. The van der Waals surface area contributed by atoms with Crippen LogP contribution < -0.4 is 10.6 Å². The monoisotopic (exact) mass is 395 g/mol. The zero-order valence-electron chi connectivity index (χ0n) is 15.3. The minimum absolute atomic E-state index is 0.0977. The number of carbonyl (C=O) groups is 1. The molecule has 3 aromatic carbocycles. The Morgan fingerprint density at radius 3 is 2.10 bits per heavy atom. The van der Waals surface area contributed by atoms with Crippen molar-refractivity contribution < 1.29 is 18.0 Å². The highest BCUT2D eigenvalue weighted by atomic mass is 19.1. The molecule has 0 aliphatic rings. The van der Waals surface area contributed by atoms with Crippen LogP contribution in [0.15, 0.2) is 60.7 Å². The fraction of sp³-hybridized carbons (Fsp3) is 0.0909. The highest BCUT2D eigenvalue weighted by Gasteiger charge is 2.15. The Bertz CT molecular complexity index is 1050. The molecule has 0 fully saturated rings. The average Bonchev–Trinajstić information content (AvgIpc) is 2.71. The summed E-state index contributed by atoms with van der Waals surface area (Å²) in [5, 5.41) is 14.2. The number of carbonyl (C=O) groups excluding carboxylic acids is 1. The molecule has 0 saturated carbocycles. The zero-order valence-corrected chi connectivity index (χ0v) is 15.3. The second kappa shape index (κ2) is 8.48. The van der Waals surface area contributed by atoms with Gasteiger partial charge in [0.2, 0.25) is 0 Å². The third-order valence-electron chi connectivity index (χ3n) is 4.31. The minimum Gasteiger partial charge on any atom is -0.374 e. The van der Waals surface area contributed by atoms with Gasteiger partial charge >= 0.3 is 0 Å². The van der Waals surface area contributed by atoms with Crippen molar-refractivity contribution in [3.63, 3.8) is 0 Å². The van der Waals surface area contributed by atoms with Crippen molar-refractivity contribution in [1.29, 1.82) is 5.26 Å². The van der Waals surface area contributed by atoms with Crippen molar-refractivity contribution in [1.82, 2.24) is 0 Å². The van der Waals surface area contributed by atoms with E-state index in [1.807, 2.05) is 0 Å². The summed E-state index contributed by atoms with van der Waals surface area (Å²) < 4.78 is 41.0. The number of nitrogens with zero attached hydrogens (tertiary/aromatic N) is 1. The summed E-state index contributed by atoms with van der Waals surface area (Å²) in [7, 11) is 0. The van der Waals surface area contributed by atoms with Crippen molar-refractivity contribution >= 4 is 17.3 Å². The van der Waals surface area contributed by atoms with Crippen LogP contribution in [0.4, 0.5) is 24.5 Å². The summed E-state index contributed by atoms with van der Waals surface area (Å²) in [6, 6.07) is 15.1. The number of nitrogens with one attached hydrogen (secondary N) is 2. The Morgan fingerprint density at radius 2 is 1.55 bits per heavy atom. The molecule has 3 rings (SSSR count). The van der Waals surface area contributed by atoms with E-state index in [1.54, 1.807) is 37.3 Å². The van der Waals surface area contributed by atoms with E-state index in [0.29, 0.717) is 11.3 Å². The summed E-state index contributed by atoms with van der Waals surface area (Å²) in [6.45, 7) is 1.73. The molecule has 0 aliphatic carbocycles. The molecule has 0 spiro atoms. The fourth-order valence-electron chi connectivity index (χ4n) is 2.74. The van der Waals surface area contributed by atoms with E-state index in [1.165, 1.54) is 24.3 Å². The number of anilines is 2. The maximum atomic E-state index is 14.0. The molecule has 0 bridgehead atoms. The van der Waals surface area contributed by atoms with Gasteiger partial charge < -0.3 is 10.6 Å². The maximum absolute atomic E-state index is 14.0. The van der Waals surface area contributed by atoms with Gasteiger partial charge in [-0.2, -0.15) is 5.26 Å². The molecule has 0 aromatic heterocycles. The first-order valence-corrected chi connectivity index (χ1v) is 8.70. The van der Waals surface area contributed by atoms with Gasteiger partial charge in [-0.3, -0.25) is 4.79 Å². The van der Waals surface area contributed by atoms with Crippen LogP contribution in [0.1, 0.15) is 34.5 Å². The number of halogens is 3. The van der Waals surface area contributed by atoms with Crippen LogP contribution in [0, 0.1) is 28.8 Å². The number of hydrogen-bond acceptors (Lipinski definition) is 3. The first-order valence-electron chi connectivity index (χ1n) is 8.70. The Balaban J connectivity index is 1.69. The van der Waals surface area contributed by atoms with Crippen LogP contribution in [0.2, 0.25) is 0 Å². The zero-order chi connectivity index (χ0) is 21.0. The maximum Gasteiger partial charge on any atom is 0.255 e. The molecule has 1 unspecified atom stereocenters. The first kappa shape index (κ1) is 20.0. The van der Waals surface area contributed by atoms with Crippen molar-refractivity contribution in [2.24, 2.45) is 0 Å². The highest BCUT2D eigenvalue weighted by Crippen LogP contribution is 2.26. The van der Waals surface area contributed by atoms with Gasteiger partial charge in [0.15, 0.2) is 11.6 Å². The van der Waals surface area contributed by atoms with E-state index in [9.17, 15) is 18.0 Å². The smallest absolute Gasteiger partial charge is 0.255 e. The van der Waals surface area contributed by atoms with Crippen LogP contribution in [-0.4, -0.2) is 5.91 Å². The first-order chi connectivity index (χ1) is 13.9. The second-order valence-corrected chi connectivity index (χ2v) is 6.38. The van der Waals surface area contributed by atoms with E-state index in [4.69, 9.17) is 5.26 Å². The fourth-order valence-corrected chi connectivity index (χ4v) is 2.74. The van der Waals surface area contributed by atoms with Gasteiger partial charge in [0, 0.05) is 17.3 Å². The highest BCUT2D eigenvalue weighted by molar-refractivity contribution is 6.04. The van der Waals surface area contributed by atoms with E-state index < -0.39 is 23.5 Å². The Labute approximate surface area is 165 Å². The average molecular weight is 395 g/mol. The summed E-state index contributed by atoms with van der Waals surface area (Å²) >= 11 is 0. The molecular weight excluding hydrogens is 379 g/mol. The molecule has 0 heterocycles.